The summed E-state index contributed by atoms with van der Waals surface area (Å²) in [5.41, 5.74) is 1.22. The molecular formula is C16H18F3NO5S. The number of esters is 1. The van der Waals surface area contributed by atoms with Gasteiger partial charge in [-0.25, -0.2) is 8.98 Å². The third-order valence-electron chi connectivity index (χ3n) is 3.70. The van der Waals surface area contributed by atoms with Crippen molar-refractivity contribution in [2.75, 3.05) is 13.2 Å². The number of carbonyl (C=O) groups excluding carboxylic acids is 1. The SMILES string of the molecule is CCOC(=O)C1=CCCN2Cc3ccc(cc3)S(=O)(=O)OC12.FC(F)F. The van der Waals surface area contributed by atoms with E-state index in [0.717, 1.165) is 5.56 Å². The fraction of sp³-hybridized carbons (Fsp3) is 0.438. The van der Waals surface area contributed by atoms with E-state index in [0.29, 0.717) is 19.5 Å². The Balaban J connectivity index is 0.000000552. The Morgan fingerprint density at radius 3 is 2.50 bits per heavy atom. The number of halogens is 3. The van der Waals surface area contributed by atoms with Gasteiger partial charge in [-0.3, -0.25) is 4.90 Å². The zero-order chi connectivity index (χ0) is 19.3. The quantitative estimate of drug-likeness (QED) is 0.568. The van der Waals surface area contributed by atoms with Crippen LogP contribution in [0.15, 0.2) is 40.8 Å². The molecule has 0 radical (unpaired) electrons. The Hall–Kier alpha value is -1.91. The standard InChI is InChI=1S/C15H17NO5S.CHF3/c1-2-20-15(17)13-4-3-9-16-10-11-5-7-12(8-6-11)22(18,19)21-14(13)16;2-1(3)4/h4-8,14H,2-3,9-10H2,1H3;1H. The van der Waals surface area contributed by atoms with Gasteiger partial charge in [-0.2, -0.15) is 21.6 Å². The van der Waals surface area contributed by atoms with Gasteiger partial charge in [-0.05, 0) is 31.0 Å². The highest BCUT2D eigenvalue weighted by molar-refractivity contribution is 7.86. The fourth-order valence-electron chi connectivity index (χ4n) is 2.65. The smallest absolute Gasteiger partial charge is 0.379 e. The molecule has 3 aliphatic rings. The Morgan fingerprint density at radius 2 is 1.92 bits per heavy atom. The lowest BCUT2D eigenvalue weighted by molar-refractivity contribution is -0.141. The molecule has 0 saturated heterocycles. The van der Waals surface area contributed by atoms with Crippen molar-refractivity contribution in [2.45, 2.75) is 37.7 Å². The minimum absolute atomic E-state index is 0.0897. The highest BCUT2D eigenvalue weighted by Gasteiger charge is 2.36. The molecule has 0 amide bonds. The molecule has 1 aromatic rings. The van der Waals surface area contributed by atoms with Gasteiger partial charge in [0.15, 0.2) is 6.23 Å². The van der Waals surface area contributed by atoms with Gasteiger partial charge in [0, 0.05) is 13.1 Å². The van der Waals surface area contributed by atoms with Crippen LogP contribution in [0.4, 0.5) is 13.2 Å². The number of hydrogen-bond donors (Lipinski definition) is 0. The minimum atomic E-state index is -3.93. The fourth-order valence-corrected chi connectivity index (χ4v) is 3.69. The van der Waals surface area contributed by atoms with Gasteiger partial charge in [-0.15, -0.1) is 0 Å². The normalized spacial score (nSPS) is 21.4. The lowest BCUT2D eigenvalue weighted by Gasteiger charge is -2.33. The van der Waals surface area contributed by atoms with E-state index in [2.05, 4.69) is 0 Å². The van der Waals surface area contributed by atoms with Gasteiger partial charge in [0.2, 0.25) is 0 Å². The molecule has 0 fully saturated rings. The molecule has 26 heavy (non-hydrogen) atoms. The molecule has 0 aliphatic carbocycles. The average molecular weight is 393 g/mol. The first kappa shape index (κ1) is 20.4. The van der Waals surface area contributed by atoms with Crippen LogP contribution in [0, 0.1) is 0 Å². The van der Waals surface area contributed by atoms with Crippen LogP contribution in [0.3, 0.4) is 0 Å². The van der Waals surface area contributed by atoms with Gasteiger partial charge in [0.25, 0.3) is 10.1 Å². The lowest BCUT2D eigenvalue weighted by Crippen LogP contribution is -2.44. The van der Waals surface area contributed by atoms with E-state index in [-0.39, 0.29) is 17.1 Å². The van der Waals surface area contributed by atoms with E-state index < -0.39 is 29.0 Å². The van der Waals surface area contributed by atoms with E-state index in [1.807, 2.05) is 4.90 Å². The lowest BCUT2D eigenvalue weighted by atomic mass is 10.1. The largest absolute Gasteiger partial charge is 0.463 e. The summed E-state index contributed by atoms with van der Waals surface area (Å²) in [5, 5.41) is 0. The summed E-state index contributed by atoms with van der Waals surface area (Å²) >= 11 is 0. The third-order valence-corrected chi connectivity index (χ3v) is 4.99. The molecule has 0 N–H and O–H groups in total. The summed E-state index contributed by atoms with van der Waals surface area (Å²) in [6.45, 7) is -0.603. The van der Waals surface area contributed by atoms with Crippen molar-refractivity contribution in [1.29, 1.82) is 0 Å². The number of rotatable bonds is 2. The van der Waals surface area contributed by atoms with Gasteiger partial charge in [0.05, 0.1) is 17.1 Å². The molecule has 4 rings (SSSR count). The Morgan fingerprint density at radius 1 is 1.31 bits per heavy atom. The maximum absolute atomic E-state index is 12.4. The molecule has 0 spiro atoms. The first-order chi connectivity index (χ1) is 12.2. The van der Waals surface area contributed by atoms with E-state index in [1.54, 1.807) is 25.1 Å². The number of benzene rings is 1. The van der Waals surface area contributed by atoms with Crippen LogP contribution in [-0.2, 0) is 30.4 Å². The summed E-state index contributed by atoms with van der Waals surface area (Å²) < 4.78 is 64.1. The first-order valence-electron chi connectivity index (χ1n) is 7.80. The summed E-state index contributed by atoms with van der Waals surface area (Å²) in [7, 11) is -3.93. The van der Waals surface area contributed by atoms with Crippen LogP contribution >= 0.6 is 0 Å². The van der Waals surface area contributed by atoms with E-state index in [9.17, 15) is 26.4 Å². The first-order valence-corrected chi connectivity index (χ1v) is 9.21. The molecule has 1 atom stereocenters. The Kier molecular flexibility index (Phi) is 6.79. The van der Waals surface area contributed by atoms with Crippen LogP contribution in [0.25, 0.3) is 0 Å². The van der Waals surface area contributed by atoms with Gasteiger partial charge >= 0.3 is 12.6 Å². The highest BCUT2D eigenvalue weighted by atomic mass is 32.2. The molecule has 1 aromatic carbocycles. The van der Waals surface area contributed by atoms with Crippen LogP contribution in [0.5, 0.6) is 0 Å². The topological polar surface area (TPSA) is 72.9 Å². The van der Waals surface area contributed by atoms with Crippen LogP contribution in [0.1, 0.15) is 18.9 Å². The monoisotopic (exact) mass is 393 g/mol. The van der Waals surface area contributed by atoms with Crippen molar-refractivity contribution in [3.63, 3.8) is 0 Å². The number of alkyl halides is 3. The van der Waals surface area contributed by atoms with Crippen molar-refractivity contribution in [1.82, 2.24) is 4.90 Å². The molecule has 0 aromatic heterocycles. The Bertz CT molecular complexity index is 762. The number of fused-ring (bicyclic) bond motifs is 3. The third kappa shape index (κ3) is 5.05. The molecular weight excluding hydrogens is 375 g/mol. The summed E-state index contributed by atoms with van der Waals surface area (Å²) in [5.74, 6) is -0.532. The second-order valence-electron chi connectivity index (χ2n) is 5.43. The van der Waals surface area contributed by atoms with Crippen LogP contribution in [0.2, 0.25) is 0 Å². The second kappa shape index (κ2) is 8.65. The molecule has 0 saturated carbocycles. The van der Waals surface area contributed by atoms with Gasteiger partial charge in [-0.1, -0.05) is 18.2 Å². The molecule has 144 valence electrons. The summed E-state index contributed by atoms with van der Waals surface area (Å²) in [6, 6.07) is 6.58. The predicted octanol–water partition coefficient (Wildman–Crippen LogP) is 2.61. The number of hydrogen-bond acceptors (Lipinski definition) is 6. The van der Waals surface area contributed by atoms with E-state index >= 15 is 0 Å². The Labute approximate surface area is 149 Å². The summed E-state index contributed by atoms with van der Waals surface area (Å²) in [4.78, 5) is 14.0. The molecule has 1 unspecified atom stereocenters. The predicted molar refractivity (Wildman–Crippen MR) is 85.4 cm³/mol. The van der Waals surface area contributed by atoms with E-state index in [1.165, 1.54) is 12.1 Å². The zero-order valence-electron chi connectivity index (χ0n) is 13.9. The van der Waals surface area contributed by atoms with Crippen LogP contribution < -0.4 is 0 Å². The van der Waals surface area contributed by atoms with Crippen molar-refractivity contribution in [3.05, 3.63) is 41.5 Å². The summed E-state index contributed by atoms with van der Waals surface area (Å²) in [6.07, 6.45) is 1.40. The molecule has 3 aliphatic heterocycles. The van der Waals surface area contributed by atoms with Crippen molar-refractivity contribution < 1.29 is 35.3 Å². The van der Waals surface area contributed by atoms with Gasteiger partial charge < -0.3 is 4.74 Å². The minimum Gasteiger partial charge on any atom is -0.463 e. The average Bonchev–Trinajstić information content (AvgIpc) is 2.64. The molecule has 10 heteroatoms. The highest BCUT2D eigenvalue weighted by Crippen LogP contribution is 2.28. The van der Waals surface area contributed by atoms with Crippen LogP contribution in [-0.4, -0.2) is 45.3 Å². The molecule has 3 heterocycles. The van der Waals surface area contributed by atoms with E-state index in [4.69, 9.17) is 8.92 Å². The zero-order valence-corrected chi connectivity index (χ0v) is 14.7. The molecule has 2 bridgehead atoms. The van der Waals surface area contributed by atoms with Crippen molar-refractivity contribution >= 4 is 16.1 Å². The maximum Gasteiger partial charge on any atom is 0.379 e. The van der Waals surface area contributed by atoms with Crippen molar-refractivity contribution in [3.8, 4) is 0 Å². The number of carbonyl (C=O) groups is 1. The maximum atomic E-state index is 12.4. The number of ether oxygens (including phenoxy) is 1. The van der Waals surface area contributed by atoms with Crippen molar-refractivity contribution in [2.24, 2.45) is 0 Å². The number of nitrogens with zero attached hydrogens (tertiary/aromatic N) is 1. The van der Waals surface area contributed by atoms with Gasteiger partial charge in [0.1, 0.15) is 0 Å². The second-order valence-corrected chi connectivity index (χ2v) is 7.01. The molecule has 6 nitrogen and oxygen atoms in total.